The molecular formula is C24H27N3O4S. The number of hydrogen-bond donors (Lipinski definition) is 1. The van der Waals surface area contributed by atoms with E-state index in [2.05, 4.69) is 4.72 Å². The minimum absolute atomic E-state index is 0.0655. The van der Waals surface area contributed by atoms with Crippen LogP contribution in [0.4, 0.5) is 11.4 Å². The first-order valence-corrected chi connectivity index (χ1v) is 11.9. The number of nitrogens with one attached hydrogen (secondary N) is 1. The molecule has 0 bridgehead atoms. The van der Waals surface area contributed by atoms with E-state index in [0.29, 0.717) is 17.2 Å². The van der Waals surface area contributed by atoms with Crippen LogP contribution >= 0.6 is 0 Å². The van der Waals surface area contributed by atoms with E-state index >= 15 is 0 Å². The molecule has 1 heterocycles. The van der Waals surface area contributed by atoms with Crippen LogP contribution in [0.25, 0.3) is 0 Å². The molecule has 1 saturated heterocycles. The number of rotatable bonds is 7. The average Bonchev–Trinajstić information content (AvgIpc) is 3.17. The van der Waals surface area contributed by atoms with E-state index < -0.39 is 21.3 Å². The summed E-state index contributed by atoms with van der Waals surface area (Å²) in [6, 6.07) is 23.7. The number of hydroxylamine groups is 2. The molecular weight excluding hydrogens is 426 g/mol. The normalized spacial score (nSPS) is 19.0. The highest BCUT2D eigenvalue weighted by molar-refractivity contribution is 7.93. The average molecular weight is 454 g/mol. The second kappa shape index (κ2) is 9.20. The van der Waals surface area contributed by atoms with Gasteiger partial charge in [-0.15, -0.1) is 0 Å². The molecule has 0 spiro atoms. The number of para-hydroxylation sites is 1. The molecule has 0 radical (unpaired) electrons. The molecule has 1 fully saturated rings. The molecule has 1 aliphatic rings. The van der Waals surface area contributed by atoms with Crippen molar-refractivity contribution in [1.82, 2.24) is 5.06 Å². The van der Waals surface area contributed by atoms with Gasteiger partial charge in [0.05, 0.1) is 12.6 Å². The van der Waals surface area contributed by atoms with Gasteiger partial charge in [0, 0.05) is 32.5 Å². The van der Waals surface area contributed by atoms with Crippen molar-refractivity contribution in [2.75, 3.05) is 37.4 Å². The minimum atomic E-state index is -3.72. The summed E-state index contributed by atoms with van der Waals surface area (Å²) in [5.41, 5.74) is 2.31. The Kier molecular flexibility index (Phi) is 6.36. The Morgan fingerprint density at radius 2 is 1.66 bits per heavy atom. The molecule has 0 aliphatic carbocycles. The van der Waals surface area contributed by atoms with Crippen molar-refractivity contribution >= 4 is 21.4 Å². The van der Waals surface area contributed by atoms with Gasteiger partial charge in [0.15, 0.2) is 0 Å². The van der Waals surface area contributed by atoms with Gasteiger partial charge in [-0.05, 0) is 54.1 Å². The van der Waals surface area contributed by atoms with Crippen LogP contribution in [-0.2, 0) is 14.9 Å². The molecule has 3 aromatic carbocycles. The van der Waals surface area contributed by atoms with Crippen LogP contribution in [0, 0.1) is 0 Å². The van der Waals surface area contributed by atoms with Crippen LogP contribution in [0.2, 0.25) is 0 Å². The van der Waals surface area contributed by atoms with Gasteiger partial charge in [-0.1, -0.05) is 30.3 Å². The van der Waals surface area contributed by atoms with E-state index in [1.807, 2.05) is 85.7 Å². The van der Waals surface area contributed by atoms with Crippen LogP contribution in [0.3, 0.4) is 0 Å². The molecule has 7 nitrogen and oxygen atoms in total. The Bertz CT molecular complexity index is 1150. The van der Waals surface area contributed by atoms with Gasteiger partial charge >= 0.3 is 0 Å². The van der Waals surface area contributed by atoms with E-state index in [9.17, 15) is 8.42 Å². The zero-order chi connectivity index (χ0) is 22.7. The van der Waals surface area contributed by atoms with Crippen LogP contribution in [0.5, 0.6) is 11.5 Å². The number of sulfonamides is 1. The fraction of sp³-hybridized carbons (Fsp3) is 0.250. The van der Waals surface area contributed by atoms with Gasteiger partial charge < -0.3 is 9.64 Å². The standard InChI is InChI=1S/C24H27N3O4S/c1-26(2)20-14-12-19(13-15-20)25-32(28,29)23-17-30-27(3)24(23)18-8-7-11-22(16-18)31-21-9-5-4-6-10-21/h4-16,23-25H,17H2,1-3H3/t23-,24+/m0/s1. The highest BCUT2D eigenvalue weighted by atomic mass is 32.2. The molecule has 1 aliphatic heterocycles. The zero-order valence-corrected chi connectivity index (χ0v) is 19.1. The van der Waals surface area contributed by atoms with Crippen LogP contribution in [-0.4, -0.2) is 46.5 Å². The highest BCUT2D eigenvalue weighted by Crippen LogP contribution is 2.36. The Hall–Kier alpha value is -3.07. The molecule has 0 saturated carbocycles. The maximum atomic E-state index is 13.3. The van der Waals surface area contributed by atoms with Gasteiger partial charge in [-0.25, -0.2) is 8.42 Å². The summed E-state index contributed by atoms with van der Waals surface area (Å²) in [6.45, 7) is 0.0655. The quantitative estimate of drug-likeness (QED) is 0.576. The van der Waals surface area contributed by atoms with E-state index in [1.54, 1.807) is 24.2 Å². The smallest absolute Gasteiger partial charge is 0.239 e. The first kappa shape index (κ1) is 22.1. The Labute approximate surface area is 189 Å². The summed E-state index contributed by atoms with van der Waals surface area (Å²) in [7, 11) is 1.90. The molecule has 0 amide bonds. The fourth-order valence-electron chi connectivity index (χ4n) is 3.73. The van der Waals surface area contributed by atoms with Crippen LogP contribution in [0.15, 0.2) is 78.9 Å². The Balaban J connectivity index is 1.56. The van der Waals surface area contributed by atoms with Gasteiger partial charge in [0.25, 0.3) is 0 Å². The maximum Gasteiger partial charge on any atom is 0.239 e. The first-order valence-electron chi connectivity index (χ1n) is 10.3. The molecule has 168 valence electrons. The van der Waals surface area contributed by atoms with Crippen molar-refractivity contribution in [2.24, 2.45) is 0 Å². The van der Waals surface area contributed by atoms with Crippen LogP contribution < -0.4 is 14.4 Å². The van der Waals surface area contributed by atoms with E-state index in [1.165, 1.54) is 0 Å². The van der Waals surface area contributed by atoms with E-state index in [4.69, 9.17) is 9.57 Å². The zero-order valence-electron chi connectivity index (χ0n) is 18.3. The highest BCUT2D eigenvalue weighted by Gasteiger charge is 2.43. The van der Waals surface area contributed by atoms with Crippen molar-refractivity contribution in [1.29, 1.82) is 0 Å². The summed E-state index contributed by atoms with van der Waals surface area (Å²) in [4.78, 5) is 7.59. The van der Waals surface area contributed by atoms with E-state index in [0.717, 1.165) is 11.3 Å². The third-order valence-electron chi connectivity index (χ3n) is 5.41. The number of hydrogen-bond acceptors (Lipinski definition) is 6. The fourth-order valence-corrected chi connectivity index (χ4v) is 5.26. The third-order valence-corrected chi connectivity index (χ3v) is 7.12. The summed E-state index contributed by atoms with van der Waals surface area (Å²) >= 11 is 0. The monoisotopic (exact) mass is 453 g/mol. The molecule has 32 heavy (non-hydrogen) atoms. The predicted molar refractivity (Wildman–Crippen MR) is 127 cm³/mol. The maximum absolute atomic E-state index is 13.3. The predicted octanol–water partition coefficient (Wildman–Crippen LogP) is 4.27. The van der Waals surface area contributed by atoms with Gasteiger partial charge in [-0.3, -0.25) is 9.56 Å². The molecule has 2 atom stereocenters. The molecule has 3 aromatic rings. The largest absolute Gasteiger partial charge is 0.457 e. The number of anilines is 2. The van der Waals surface area contributed by atoms with Crippen molar-refractivity contribution in [3.05, 3.63) is 84.4 Å². The van der Waals surface area contributed by atoms with Gasteiger partial charge in [-0.2, -0.15) is 5.06 Å². The number of ether oxygens (including phenoxy) is 1. The SMILES string of the molecule is CN(C)c1ccc(NS(=O)(=O)[C@H]2CON(C)[C@@H]2c2cccc(Oc3ccccc3)c2)cc1. The second-order valence-electron chi connectivity index (χ2n) is 7.90. The lowest BCUT2D eigenvalue weighted by Crippen LogP contribution is -2.34. The summed E-state index contributed by atoms with van der Waals surface area (Å²) in [6.07, 6.45) is 0. The molecule has 8 heteroatoms. The molecule has 1 N–H and O–H groups in total. The summed E-state index contributed by atoms with van der Waals surface area (Å²) in [5, 5.41) is 0.814. The number of benzene rings is 3. The summed E-state index contributed by atoms with van der Waals surface area (Å²) < 4.78 is 35.2. The molecule has 0 unspecified atom stereocenters. The third kappa shape index (κ3) is 4.88. The van der Waals surface area contributed by atoms with Crippen molar-refractivity contribution in [3.8, 4) is 11.5 Å². The minimum Gasteiger partial charge on any atom is -0.457 e. The number of nitrogens with zero attached hydrogens (tertiary/aromatic N) is 2. The lowest BCUT2D eigenvalue weighted by molar-refractivity contribution is -0.110. The Morgan fingerprint density at radius 1 is 0.969 bits per heavy atom. The van der Waals surface area contributed by atoms with Crippen LogP contribution in [0.1, 0.15) is 11.6 Å². The van der Waals surface area contributed by atoms with Crippen molar-refractivity contribution in [2.45, 2.75) is 11.3 Å². The van der Waals surface area contributed by atoms with Gasteiger partial charge in [0.1, 0.15) is 16.7 Å². The topological polar surface area (TPSA) is 71.1 Å². The Morgan fingerprint density at radius 3 is 2.34 bits per heavy atom. The van der Waals surface area contributed by atoms with Crippen molar-refractivity contribution in [3.63, 3.8) is 0 Å². The van der Waals surface area contributed by atoms with Crippen molar-refractivity contribution < 1.29 is 18.0 Å². The summed E-state index contributed by atoms with van der Waals surface area (Å²) in [5.74, 6) is 1.35. The molecule has 0 aromatic heterocycles. The second-order valence-corrected chi connectivity index (χ2v) is 9.80. The lowest BCUT2D eigenvalue weighted by atomic mass is 10.0. The lowest BCUT2D eigenvalue weighted by Gasteiger charge is -2.24. The first-order chi connectivity index (χ1) is 15.3. The van der Waals surface area contributed by atoms with Gasteiger partial charge in [0.2, 0.25) is 10.0 Å². The van der Waals surface area contributed by atoms with E-state index in [-0.39, 0.29) is 6.61 Å². The molecule has 4 rings (SSSR count).